The van der Waals surface area contributed by atoms with Crippen LogP contribution < -0.4 is 15.4 Å². The minimum atomic E-state index is -0.315. The van der Waals surface area contributed by atoms with Crippen LogP contribution in [0.3, 0.4) is 0 Å². The van der Waals surface area contributed by atoms with E-state index < -0.39 is 0 Å². The van der Waals surface area contributed by atoms with E-state index >= 15 is 0 Å². The standard InChI is InChI=1S/C16H22N2O3/c1-10(2)21-13-6-4-12(5-7-13)11(3)17-14-8-9-15(19)18-16(14)20/h4-7,10-11,14,17H,8-9H2,1-3H3,(H,18,19,20). The monoisotopic (exact) mass is 290 g/mol. The maximum Gasteiger partial charge on any atom is 0.243 e. The number of imide groups is 1. The summed E-state index contributed by atoms with van der Waals surface area (Å²) in [6.45, 7) is 5.98. The lowest BCUT2D eigenvalue weighted by atomic mass is 10.0. The third-order valence-electron chi connectivity index (χ3n) is 3.44. The highest BCUT2D eigenvalue weighted by Crippen LogP contribution is 2.20. The van der Waals surface area contributed by atoms with Gasteiger partial charge in [0.05, 0.1) is 12.1 Å². The maximum atomic E-state index is 11.7. The van der Waals surface area contributed by atoms with Crippen molar-refractivity contribution in [2.45, 2.75) is 51.8 Å². The molecule has 5 heteroatoms. The summed E-state index contributed by atoms with van der Waals surface area (Å²) in [4.78, 5) is 22.9. The Bertz CT molecular complexity index is 511. The highest BCUT2D eigenvalue weighted by molar-refractivity contribution is 6.00. The van der Waals surface area contributed by atoms with E-state index in [1.807, 2.05) is 45.0 Å². The first-order valence-corrected chi connectivity index (χ1v) is 7.32. The minimum Gasteiger partial charge on any atom is -0.491 e. The van der Waals surface area contributed by atoms with Gasteiger partial charge in [0, 0.05) is 12.5 Å². The molecule has 5 nitrogen and oxygen atoms in total. The van der Waals surface area contributed by atoms with Crippen LogP contribution in [-0.4, -0.2) is 24.0 Å². The number of piperidine rings is 1. The van der Waals surface area contributed by atoms with Gasteiger partial charge < -0.3 is 4.74 Å². The number of ether oxygens (including phenoxy) is 1. The molecule has 0 radical (unpaired) electrons. The fraction of sp³-hybridized carbons (Fsp3) is 0.500. The second kappa shape index (κ2) is 6.72. The first kappa shape index (κ1) is 15.5. The predicted octanol–water partition coefficient (Wildman–Crippen LogP) is 1.93. The van der Waals surface area contributed by atoms with Crippen molar-refractivity contribution in [3.8, 4) is 5.75 Å². The van der Waals surface area contributed by atoms with Gasteiger partial charge in [0.25, 0.3) is 0 Å². The predicted molar refractivity (Wildman–Crippen MR) is 79.9 cm³/mol. The molecule has 2 unspecified atom stereocenters. The molecule has 0 saturated carbocycles. The van der Waals surface area contributed by atoms with E-state index in [1.165, 1.54) is 0 Å². The van der Waals surface area contributed by atoms with Crippen molar-refractivity contribution < 1.29 is 14.3 Å². The normalized spacial score (nSPS) is 20.3. The van der Waals surface area contributed by atoms with E-state index in [2.05, 4.69) is 10.6 Å². The molecule has 1 aliphatic heterocycles. The number of carbonyl (C=O) groups is 2. The van der Waals surface area contributed by atoms with E-state index in [-0.39, 0.29) is 30.0 Å². The zero-order valence-electron chi connectivity index (χ0n) is 12.7. The first-order chi connectivity index (χ1) is 9.95. The average molecular weight is 290 g/mol. The molecule has 2 amide bonds. The van der Waals surface area contributed by atoms with Crippen molar-refractivity contribution >= 4 is 11.8 Å². The third kappa shape index (κ3) is 4.29. The molecule has 0 aromatic heterocycles. The van der Waals surface area contributed by atoms with Crippen LogP contribution in [0.5, 0.6) is 5.75 Å². The lowest BCUT2D eigenvalue weighted by Crippen LogP contribution is -2.51. The Morgan fingerprint density at radius 2 is 1.86 bits per heavy atom. The van der Waals surface area contributed by atoms with Gasteiger partial charge in [-0.1, -0.05) is 12.1 Å². The van der Waals surface area contributed by atoms with Gasteiger partial charge in [-0.05, 0) is 44.9 Å². The van der Waals surface area contributed by atoms with Crippen molar-refractivity contribution in [1.29, 1.82) is 0 Å². The second-order valence-corrected chi connectivity index (χ2v) is 5.63. The number of hydrogen-bond donors (Lipinski definition) is 2. The molecular weight excluding hydrogens is 268 g/mol. The number of carbonyl (C=O) groups excluding carboxylic acids is 2. The smallest absolute Gasteiger partial charge is 0.243 e. The zero-order valence-corrected chi connectivity index (χ0v) is 12.7. The van der Waals surface area contributed by atoms with Crippen LogP contribution in [0.15, 0.2) is 24.3 Å². The Kier molecular flexibility index (Phi) is 4.96. The van der Waals surface area contributed by atoms with Gasteiger partial charge >= 0.3 is 0 Å². The molecule has 0 bridgehead atoms. The van der Waals surface area contributed by atoms with E-state index in [1.54, 1.807) is 0 Å². The summed E-state index contributed by atoms with van der Waals surface area (Å²) >= 11 is 0. The third-order valence-corrected chi connectivity index (χ3v) is 3.44. The summed E-state index contributed by atoms with van der Waals surface area (Å²) in [6.07, 6.45) is 1.08. The summed E-state index contributed by atoms with van der Waals surface area (Å²) in [5.41, 5.74) is 1.08. The van der Waals surface area contributed by atoms with Crippen molar-refractivity contribution in [3.05, 3.63) is 29.8 Å². The van der Waals surface area contributed by atoms with E-state index in [0.717, 1.165) is 11.3 Å². The number of hydrogen-bond acceptors (Lipinski definition) is 4. The SMILES string of the molecule is CC(C)Oc1ccc(C(C)NC2CCC(=O)NC2=O)cc1. The summed E-state index contributed by atoms with van der Waals surface area (Å²) in [5, 5.41) is 5.62. The van der Waals surface area contributed by atoms with Crippen molar-refractivity contribution in [3.63, 3.8) is 0 Å². The van der Waals surface area contributed by atoms with Crippen LogP contribution >= 0.6 is 0 Å². The minimum absolute atomic E-state index is 0.0297. The molecule has 1 aromatic rings. The Balaban J connectivity index is 1.95. The summed E-state index contributed by atoms with van der Waals surface area (Å²) < 4.78 is 5.61. The molecular formula is C16H22N2O3. The molecule has 1 aliphatic rings. The van der Waals surface area contributed by atoms with Crippen LogP contribution in [0, 0.1) is 0 Å². The number of rotatable bonds is 5. The van der Waals surface area contributed by atoms with Gasteiger partial charge in [-0.2, -0.15) is 0 Å². The van der Waals surface area contributed by atoms with Crippen molar-refractivity contribution in [2.24, 2.45) is 0 Å². The molecule has 1 aromatic carbocycles. The zero-order chi connectivity index (χ0) is 15.4. The van der Waals surface area contributed by atoms with Crippen LogP contribution in [0.4, 0.5) is 0 Å². The number of benzene rings is 1. The quantitative estimate of drug-likeness (QED) is 0.813. The molecule has 0 aliphatic carbocycles. The van der Waals surface area contributed by atoms with Crippen molar-refractivity contribution in [2.75, 3.05) is 0 Å². The Hall–Kier alpha value is -1.88. The van der Waals surface area contributed by atoms with Gasteiger partial charge in [-0.25, -0.2) is 0 Å². The molecule has 1 fully saturated rings. The molecule has 21 heavy (non-hydrogen) atoms. The lowest BCUT2D eigenvalue weighted by Gasteiger charge is -2.25. The number of nitrogens with one attached hydrogen (secondary N) is 2. The van der Waals surface area contributed by atoms with Crippen molar-refractivity contribution in [1.82, 2.24) is 10.6 Å². The Morgan fingerprint density at radius 1 is 1.19 bits per heavy atom. The highest BCUT2D eigenvalue weighted by Gasteiger charge is 2.27. The van der Waals surface area contributed by atoms with Gasteiger partial charge in [-0.3, -0.25) is 20.2 Å². The van der Waals surface area contributed by atoms with Crippen LogP contribution in [0.25, 0.3) is 0 Å². The summed E-state index contributed by atoms with van der Waals surface area (Å²) in [6, 6.07) is 7.55. The Morgan fingerprint density at radius 3 is 2.43 bits per heavy atom. The summed E-state index contributed by atoms with van der Waals surface area (Å²) in [7, 11) is 0. The van der Waals surface area contributed by atoms with Gasteiger partial charge in [0.15, 0.2) is 0 Å². The molecule has 0 spiro atoms. The van der Waals surface area contributed by atoms with Gasteiger partial charge in [-0.15, -0.1) is 0 Å². The Labute approximate surface area is 125 Å². The van der Waals surface area contributed by atoms with Gasteiger partial charge in [0.2, 0.25) is 11.8 Å². The topological polar surface area (TPSA) is 67.4 Å². The first-order valence-electron chi connectivity index (χ1n) is 7.32. The molecule has 114 valence electrons. The number of amides is 2. The maximum absolute atomic E-state index is 11.7. The molecule has 1 saturated heterocycles. The molecule has 2 N–H and O–H groups in total. The average Bonchev–Trinajstić information content (AvgIpc) is 2.42. The van der Waals surface area contributed by atoms with Crippen LogP contribution in [0.1, 0.15) is 45.2 Å². The molecule has 1 heterocycles. The summed E-state index contributed by atoms with van der Waals surface area (Å²) in [5.74, 6) is 0.403. The largest absolute Gasteiger partial charge is 0.491 e. The van der Waals surface area contributed by atoms with E-state index in [4.69, 9.17) is 4.74 Å². The fourth-order valence-corrected chi connectivity index (χ4v) is 2.36. The van der Waals surface area contributed by atoms with E-state index in [0.29, 0.717) is 12.8 Å². The fourth-order valence-electron chi connectivity index (χ4n) is 2.36. The van der Waals surface area contributed by atoms with Crippen LogP contribution in [-0.2, 0) is 9.59 Å². The highest BCUT2D eigenvalue weighted by atomic mass is 16.5. The van der Waals surface area contributed by atoms with Gasteiger partial charge in [0.1, 0.15) is 5.75 Å². The van der Waals surface area contributed by atoms with Crippen LogP contribution in [0.2, 0.25) is 0 Å². The van der Waals surface area contributed by atoms with E-state index in [9.17, 15) is 9.59 Å². The lowest BCUT2D eigenvalue weighted by molar-refractivity contribution is -0.134. The molecule has 2 rings (SSSR count). The second-order valence-electron chi connectivity index (χ2n) is 5.63. The molecule has 2 atom stereocenters.